The number of benzene rings is 1. The van der Waals surface area contributed by atoms with Crippen molar-refractivity contribution in [1.82, 2.24) is 4.98 Å². The first-order valence-corrected chi connectivity index (χ1v) is 8.92. The van der Waals surface area contributed by atoms with Crippen LogP contribution in [-0.2, 0) is 0 Å². The molecule has 2 aromatic rings. The Morgan fingerprint density at radius 3 is 2.72 bits per heavy atom. The van der Waals surface area contributed by atoms with E-state index in [-0.39, 0.29) is 5.91 Å². The highest BCUT2D eigenvalue weighted by atomic mass is 35.5. The maximum absolute atomic E-state index is 12.6. The fraction of sp³-hybridized carbons (Fsp3) is 0.368. The molecule has 132 valence electrons. The third kappa shape index (κ3) is 4.23. The van der Waals surface area contributed by atoms with E-state index in [4.69, 9.17) is 16.3 Å². The Balaban J connectivity index is 1.78. The smallest absolute Gasteiger partial charge is 0.255 e. The average molecular weight is 360 g/mol. The third-order valence-corrected chi connectivity index (χ3v) is 4.40. The summed E-state index contributed by atoms with van der Waals surface area (Å²) in [6, 6.07) is 8.99. The zero-order valence-corrected chi connectivity index (χ0v) is 15.3. The van der Waals surface area contributed by atoms with Crippen LogP contribution in [0.4, 0.5) is 11.5 Å². The van der Waals surface area contributed by atoms with Gasteiger partial charge in [-0.2, -0.15) is 0 Å². The second-order valence-electron chi connectivity index (χ2n) is 6.10. The van der Waals surface area contributed by atoms with E-state index in [1.54, 1.807) is 12.1 Å². The number of nitrogens with one attached hydrogen (secondary N) is 1. The molecule has 1 fully saturated rings. The summed E-state index contributed by atoms with van der Waals surface area (Å²) < 4.78 is 5.53. The molecule has 1 amide bonds. The number of rotatable bonds is 5. The van der Waals surface area contributed by atoms with Gasteiger partial charge in [0.15, 0.2) is 0 Å². The number of halogens is 1. The van der Waals surface area contributed by atoms with Gasteiger partial charge in [-0.3, -0.25) is 4.79 Å². The minimum Gasteiger partial charge on any atom is -0.494 e. The van der Waals surface area contributed by atoms with Crippen LogP contribution in [0.15, 0.2) is 30.3 Å². The molecule has 6 heteroatoms. The van der Waals surface area contributed by atoms with E-state index in [1.807, 2.05) is 32.0 Å². The molecule has 0 spiro atoms. The van der Waals surface area contributed by atoms with Gasteiger partial charge in [-0.1, -0.05) is 11.6 Å². The molecule has 0 bridgehead atoms. The molecule has 0 atom stereocenters. The van der Waals surface area contributed by atoms with Gasteiger partial charge in [0, 0.05) is 24.3 Å². The Morgan fingerprint density at radius 2 is 2.04 bits per heavy atom. The van der Waals surface area contributed by atoms with E-state index in [9.17, 15) is 4.79 Å². The summed E-state index contributed by atoms with van der Waals surface area (Å²) in [6.45, 7) is 6.41. The van der Waals surface area contributed by atoms with Crippen molar-refractivity contribution < 1.29 is 9.53 Å². The van der Waals surface area contributed by atoms with Gasteiger partial charge in [-0.15, -0.1) is 0 Å². The summed E-state index contributed by atoms with van der Waals surface area (Å²) in [5.74, 6) is 1.38. The van der Waals surface area contributed by atoms with Crippen molar-refractivity contribution in [3.8, 4) is 5.75 Å². The monoisotopic (exact) mass is 359 g/mol. The van der Waals surface area contributed by atoms with Crippen LogP contribution in [0.2, 0.25) is 5.15 Å². The number of nitrogens with zero attached hydrogens (tertiary/aromatic N) is 2. The molecular formula is C19H22ClN3O2. The summed E-state index contributed by atoms with van der Waals surface area (Å²) >= 11 is 6.12. The summed E-state index contributed by atoms with van der Waals surface area (Å²) in [6.07, 6.45) is 2.28. The highest BCUT2D eigenvalue weighted by molar-refractivity contribution is 6.30. The average Bonchev–Trinajstić information content (AvgIpc) is 3.11. The van der Waals surface area contributed by atoms with Crippen molar-refractivity contribution in [3.63, 3.8) is 0 Å². The molecule has 1 aliphatic rings. The van der Waals surface area contributed by atoms with Crippen LogP contribution in [0, 0.1) is 6.92 Å². The van der Waals surface area contributed by atoms with E-state index in [0.29, 0.717) is 17.3 Å². The van der Waals surface area contributed by atoms with E-state index < -0.39 is 0 Å². The fourth-order valence-electron chi connectivity index (χ4n) is 2.97. The van der Waals surface area contributed by atoms with Gasteiger partial charge in [0.1, 0.15) is 16.7 Å². The maximum Gasteiger partial charge on any atom is 0.255 e. The van der Waals surface area contributed by atoms with Crippen LogP contribution < -0.4 is 15.0 Å². The van der Waals surface area contributed by atoms with E-state index in [0.717, 1.165) is 48.7 Å². The van der Waals surface area contributed by atoms with Crippen LogP contribution in [0.5, 0.6) is 5.75 Å². The maximum atomic E-state index is 12.6. The Hall–Kier alpha value is -2.27. The minimum absolute atomic E-state index is 0.201. The van der Waals surface area contributed by atoms with Gasteiger partial charge >= 0.3 is 0 Å². The van der Waals surface area contributed by atoms with E-state index in [2.05, 4.69) is 15.2 Å². The third-order valence-electron chi connectivity index (χ3n) is 4.21. The van der Waals surface area contributed by atoms with Gasteiger partial charge in [-0.25, -0.2) is 4.98 Å². The number of amides is 1. The molecule has 1 aromatic carbocycles. The second-order valence-corrected chi connectivity index (χ2v) is 6.49. The first-order valence-electron chi connectivity index (χ1n) is 8.54. The molecule has 1 saturated heterocycles. The van der Waals surface area contributed by atoms with Crippen LogP contribution in [0.25, 0.3) is 0 Å². The summed E-state index contributed by atoms with van der Waals surface area (Å²) in [5.41, 5.74) is 2.21. The summed E-state index contributed by atoms with van der Waals surface area (Å²) in [5, 5.41) is 3.24. The lowest BCUT2D eigenvalue weighted by Gasteiger charge is -2.17. The van der Waals surface area contributed by atoms with Gasteiger partial charge < -0.3 is 15.0 Å². The predicted molar refractivity (Wildman–Crippen MR) is 101 cm³/mol. The second kappa shape index (κ2) is 7.74. The first kappa shape index (κ1) is 17.5. The summed E-state index contributed by atoms with van der Waals surface area (Å²) in [4.78, 5) is 19.1. The molecule has 1 aromatic heterocycles. The van der Waals surface area contributed by atoms with Crippen molar-refractivity contribution >= 4 is 29.0 Å². The van der Waals surface area contributed by atoms with Crippen LogP contribution >= 0.6 is 11.6 Å². The number of anilines is 2. The zero-order valence-electron chi connectivity index (χ0n) is 14.5. The number of pyridine rings is 1. The molecule has 5 nitrogen and oxygen atoms in total. The fourth-order valence-corrected chi connectivity index (χ4v) is 3.17. The number of hydrogen-bond donors (Lipinski definition) is 1. The quantitative estimate of drug-likeness (QED) is 0.809. The van der Waals surface area contributed by atoms with Crippen molar-refractivity contribution in [2.24, 2.45) is 0 Å². The van der Waals surface area contributed by atoms with Gasteiger partial charge in [0.05, 0.1) is 6.61 Å². The molecule has 25 heavy (non-hydrogen) atoms. The van der Waals surface area contributed by atoms with E-state index in [1.165, 1.54) is 0 Å². The normalized spacial score (nSPS) is 13.8. The molecular weight excluding hydrogens is 338 g/mol. The van der Waals surface area contributed by atoms with Gasteiger partial charge in [-0.05, 0) is 62.6 Å². The number of hydrogen-bond acceptors (Lipinski definition) is 4. The Kier molecular flexibility index (Phi) is 5.43. The Morgan fingerprint density at radius 1 is 1.28 bits per heavy atom. The van der Waals surface area contributed by atoms with Crippen molar-refractivity contribution in [3.05, 3.63) is 46.6 Å². The molecule has 2 heterocycles. The lowest BCUT2D eigenvalue weighted by Crippen LogP contribution is -2.20. The number of aromatic nitrogens is 1. The molecule has 1 aliphatic heterocycles. The number of aryl methyl sites for hydroxylation is 1. The van der Waals surface area contributed by atoms with Crippen LogP contribution in [0.3, 0.4) is 0 Å². The SMILES string of the molecule is CCOc1ccc(NC(=O)c2cc(Cl)nc(N3CCCC3)c2)cc1C. The van der Waals surface area contributed by atoms with E-state index >= 15 is 0 Å². The van der Waals surface area contributed by atoms with Crippen molar-refractivity contribution in [1.29, 1.82) is 0 Å². The predicted octanol–water partition coefficient (Wildman–Crippen LogP) is 4.29. The highest BCUT2D eigenvalue weighted by Gasteiger charge is 2.17. The van der Waals surface area contributed by atoms with Gasteiger partial charge in [0.25, 0.3) is 5.91 Å². The number of carbonyl (C=O) groups is 1. The van der Waals surface area contributed by atoms with Crippen molar-refractivity contribution in [2.75, 3.05) is 29.9 Å². The molecule has 0 unspecified atom stereocenters. The van der Waals surface area contributed by atoms with Crippen LogP contribution in [-0.4, -0.2) is 30.6 Å². The summed E-state index contributed by atoms with van der Waals surface area (Å²) in [7, 11) is 0. The standard InChI is InChI=1S/C19H22ClN3O2/c1-3-25-16-7-6-15(10-13(16)2)21-19(24)14-11-17(20)22-18(12-14)23-8-4-5-9-23/h6-7,10-12H,3-5,8-9H2,1-2H3,(H,21,24). The minimum atomic E-state index is -0.201. The molecule has 0 radical (unpaired) electrons. The lowest BCUT2D eigenvalue weighted by molar-refractivity contribution is 0.102. The Bertz CT molecular complexity index is 773. The number of ether oxygens (including phenoxy) is 1. The lowest BCUT2D eigenvalue weighted by atomic mass is 10.2. The highest BCUT2D eigenvalue weighted by Crippen LogP contribution is 2.24. The molecule has 1 N–H and O–H groups in total. The molecule has 0 saturated carbocycles. The first-order chi connectivity index (χ1) is 12.1. The molecule has 0 aliphatic carbocycles. The van der Waals surface area contributed by atoms with Gasteiger partial charge in [0.2, 0.25) is 0 Å². The zero-order chi connectivity index (χ0) is 17.8. The van der Waals surface area contributed by atoms with Crippen LogP contribution in [0.1, 0.15) is 35.7 Å². The topological polar surface area (TPSA) is 54.5 Å². The largest absolute Gasteiger partial charge is 0.494 e. The number of carbonyl (C=O) groups excluding carboxylic acids is 1. The van der Waals surface area contributed by atoms with Crippen molar-refractivity contribution in [2.45, 2.75) is 26.7 Å². The molecule has 3 rings (SSSR count). The Labute approximate surface area is 153 Å².